The van der Waals surface area contributed by atoms with Gasteiger partial charge in [0.25, 0.3) is 0 Å². The molecular weight excluding hydrogens is 554 g/mol. The number of hydrogen-bond acceptors (Lipinski definition) is 3. The van der Waals surface area contributed by atoms with E-state index in [1.807, 2.05) is 0 Å². The Kier molecular flexibility index (Phi) is 37.0. The third-order valence-corrected chi connectivity index (χ3v) is 9.60. The molecule has 0 rings (SSSR count). The first kappa shape index (κ1) is 44.2. The number of amides is 1. The standard InChI is InChI=1S/C41H83NO3/c1-5-9-13-17-21-25-28-32-36-39(35-31-27-23-19-15-11-7-3)44-41(43)42-45-40(37-33-29-24-20-16-12-8-4)38-34-30-26-22-18-14-10-6-2/h39-40H,5-38H2,1-4H3,(H,42,43). The van der Waals surface area contributed by atoms with Gasteiger partial charge < -0.3 is 4.74 Å². The molecule has 0 aromatic carbocycles. The van der Waals surface area contributed by atoms with Gasteiger partial charge in [0.1, 0.15) is 6.10 Å². The van der Waals surface area contributed by atoms with E-state index >= 15 is 0 Å². The summed E-state index contributed by atoms with van der Waals surface area (Å²) in [5.74, 6) is 0. The number of carbonyl (C=O) groups is 1. The van der Waals surface area contributed by atoms with Crippen LogP contribution in [0.2, 0.25) is 0 Å². The molecule has 4 heteroatoms. The Morgan fingerprint density at radius 3 is 0.911 bits per heavy atom. The highest BCUT2D eigenvalue weighted by atomic mass is 16.7. The van der Waals surface area contributed by atoms with Gasteiger partial charge in [0.05, 0.1) is 6.10 Å². The summed E-state index contributed by atoms with van der Waals surface area (Å²) in [4.78, 5) is 19.0. The lowest BCUT2D eigenvalue weighted by atomic mass is 10.0. The summed E-state index contributed by atoms with van der Waals surface area (Å²) >= 11 is 0. The van der Waals surface area contributed by atoms with Crippen molar-refractivity contribution in [1.82, 2.24) is 5.48 Å². The molecule has 0 heterocycles. The Labute approximate surface area is 283 Å². The van der Waals surface area contributed by atoms with E-state index in [0.29, 0.717) is 0 Å². The maximum absolute atomic E-state index is 12.9. The molecule has 0 bridgehead atoms. The van der Waals surface area contributed by atoms with E-state index < -0.39 is 0 Å². The van der Waals surface area contributed by atoms with Crippen LogP contribution in [-0.4, -0.2) is 18.3 Å². The molecule has 0 radical (unpaired) electrons. The van der Waals surface area contributed by atoms with Gasteiger partial charge >= 0.3 is 6.09 Å². The van der Waals surface area contributed by atoms with E-state index in [1.165, 1.54) is 180 Å². The molecule has 0 aliphatic heterocycles. The molecule has 45 heavy (non-hydrogen) atoms. The Morgan fingerprint density at radius 1 is 0.378 bits per heavy atom. The van der Waals surface area contributed by atoms with Crippen LogP contribution < -0.4 is 5.48 Å². The smallest absolute Gasteiger partial charge is 0.431 e. The largest absolute Gasteiger partial charge is 0.445 e. The monoisotopic (exact) mass is 638 g/mol. The molecule has 4 nitrogen and oxygen atoms in total. The maximum atomic E-state index is 12.9. The highest BCUT2D eigenvalue weighted by Crippen LogP contribution is 2.19. The molecule has 0 saturated carbocycles. The van der Waals surface area contributed by atoms with Crippen molar-refractivity contribution in [3.63, 3.8) is 0 Å². The Hall–Kier alpha value is -0.770. The summed E-state index contributed by atoms with van der Waals surface area (Å²) in [7, 11) is 0. The van der Waals surface area contributed by atoms with Crippen molar-refractivity contribution < 1.29 is 14.4 Å². The van der Waals surface area contributed by atoms with E-state index in [-0.39, 0.29) is 18.3 Å². The van der Waals surface area contributed by atoms with E-state index in [1.54, 1.807) is 0 Å². The maximum Gasteiger partial charge on any atom is 0.431 e. The molecule has 0 aromatic rings. The first-order valence-electron chi connectivity index (χ1n) is 20.8. The lowest BCUT2D eigenvalue weighted by Crippen LogP contribution is -2.33. The van der Waals surface area contributed by atoms with E-state index in [2.05, 4.69) is 33.2 Å². The van der Waals surface area contributed by atoms with E-state index in [9.17, 15) is 4.79 Å². The van der Waals surface area contributed by atoms with Crippen LogP contribution in [0.4, 0.5) is 4.79 Å². The SMILES string of the molecule is CCCCCCCCCCC(CCCCCCCCC)ONC(=O)OC(CCCCCCCCC)CCCCCCCCCC. The lowest BCUT2D eigenvalue weighted by molar-refractivity contribution is -0.0413. The van der Waals surface area contributed by atoms with Gasteiger partial charge in [-0.2, -0.15) is 5.48 Å². The lowest BCUT2D eigenvalue weighted by Gasteiger charge is -2.21. The molecule has 2 atom stereocenters. The third kappa shape index (κ3) is 34.4. The molecule has 270 valence electrons. The van der Waals surface area contributed by atoms with Crippen LogP contribution in [0.15, 0.2) is 0 Å². The molecule has 0 spiro atoms. The van der Waals surface area contributed by atoms with E-state index in [0.717, 1.165) is 38.5 Å². The van der Waals surface area contributed by atoms with Gasteiger partial charge in [-0.15, -0.1) is 0 Å². The zero-order chi connectivity index (χ0) is 32.9. The van der Waals surface area contributed by atoms with Crippen molar-refractivity contribution >= 4 is 6.09 Å². The summed E-state index contributed by atoms with van der Waals surface area (Å²) in [6, 6.07) is 0. The number of carbonyl (C=O) groups excluding carboxylic acids is 1. The molecule has 0 aliphatic rings. The minimum Gasteiger partial charge on any atom is -0.445 e. The highest BCUT2D eigenvalue weighted by molar-refractivity contribution is 5.66. The van der Waals surface area contributed by atoms with Gasteiger partial charge in [0.15, 0.2) is 0 Å². The van der Waals surface area contributed by atoms with Crippen molar-refractivity contribution in [2.75, 3.05) is 0 Å². The minimum atomic E-state index is -0.372. The highest BCUT2D eigenvalue weighted by Gasteiger charge is 2.17. The summed E-state index contributed by atoms with van der Waals surface area (Å²) in [5.41, 5.74) is 2.75. The van der Waals surface area contributed by atoms with Crippen molar-refractivity contribution in [2.45, 2.75) is 258 Å². The van der Waals surface area contributed by atoms with Crippen LogP contribution in [-0.2, 0) is 9.57 Å². The average Bonchev–Trinajstić information content (AvgIpc) is 3.04. The van der Waals surface area contributed by atoms with Crippen molar-refractivity contribution in [2.24, 2.45) is 0 Å². The summed E-state index contributed by atoms with van der Waals surface area (Å²) in [6.45, 7) is 9.11. The van der Waals surface area contributed by atoms with Gasteiger partial charge in [0.2, 0.25) is 0 Å². The van der Waals surface area contributed by atoms with Crippen LogP contribution in [0.25, 0.3) is 0 Å². The fourth-order valence-electron chi connectivity index (χ4n) is 6.50. The van der Waals surface area contributed by atoms with Crippen LogP contribution >= 0.6 is 0 Å². The second kappa shape index (κ2) is 37.7. The first-order valence-corrected chi connectivity index (χ1v) is 20.8. The number of hydrogen-bond donors (Lipinski definition) is 1. The van der Waals surface area contributed by atoms with Crippen molar-refractivity contribution in [3.8, 4) is 0 Å². The quantitative estimate of drug-likeness (QED) is 0.0544. The predicted molar refractivity (Wildman–Crippen MR) is 198 cm³/mol. The summed E-state index contributed by atoms with van der Waals surface area (Å²) in [5, 5.41) is 0. The zero-order valence-corrected chi connectivity index (χ0v) is 31.4. The van der Waals surface area contributed by atoms with Gasteiger partial charge in [-0.3, -0.25) is 4.84 Å². The molecule has 0 saturated heterocycles. The second-order valence-electron chi connectivity index (χ2n) is 14.2. The fraction of sp³-hybridized carbons (Fsp3) is 0.976. The van der Waals surface area contributed by atoms with Gasteiger partial charge in [-0.1, -0.05) is 207 Å². The van der Waals surface area contributed by atoms with Crippen LogP contribution in [0, 0.1) is 0 Å². The number of hydroxylamine groups is 1. The number of unbranched alkanes of at least 4 members (excludes halogenated alkanes) is 26. The molecule has 0 aromatic heterocycles. The molecule has 1 N–H and O–H groups in total. The zero-order valence-electron chi connectivity index (χ0n) is 31.4. The van der Waals surface area contributed by atoms with Gasteiger partial charge in [-0.05, 0) is 38.5 Å². The normalized spacial score (nSPS) is 12.8. The fourth-order valence-corrected chi connectivity index (χ4v) is 6.50. The third-order valence-electron chi connectivity index (χ3n) is 9.60. The Morgan fingerprint density at radius 2 is 0.622 bits per heavy atom. The average molecular weight is 638 g/mol. The Bertz CT molecular complexity index is 569. The molecule has 0 fully saturated rings. The predicted octanol–water partition coefficient (Wildman–Crippen LogP) is 14.7. The van der Waals surface area contributed by atoms with Gasteiger partial charge in [0, 0.05) is 0 Å². The van der Waals surface area contributed by atoms with Crippen LogP contribution in [0.1, 0.15) is 246 Å². The Balaban J connectivity index is 4.63. The van der Waals surface area contributed by atoms with Gasteiger partial charge in [-0.25, -0.2) is 4.79 Å². The minimum absolute atomic E-state index is 0.0126. The van der Waals surface area contributed by atoms with Crippen molar-refractivity contribution in [3.05, 3.63) is 0 Å². The number of rotatable bonds is 37. The first-order chi connectivity index (χ1) is 22.2. The van der Waals surface area contributed by atoms with E-state index in [4.69, 9.17) is 9.57 Å². The van der Waals surface area contributed by atoms with Crippen molar-refractivity contribution in [1.29, 1.82) is 0 Å². The van der Waals surface area contributed by atoms with Crippen LogP contribution in [0.5, 0.6) is 0 Å². The topological polar surface area (TPSA) is 47.6 Å². The molecular formula is C41H83NO3. The summed E-state index contributed by atoms with van der Waals surface area (Å²) in [6.07, 6.45) is 43.0. The number of ether oxygens (including phenoxy) is 1. The molecule has 1 amide bonds. The second-order valence-corrected chi connectivity index (χ2v) is 14.2. The molecule has 2 unspecified atom stereocenters. The van der Waals surface area contributed by atoms with Crippen LogP contribution in [0.3, 0.4) is 0 Å². The molecule has 0 aliphatic carbocycles. The summed E-state index contributed by atoms with van der Waals surface area (Å²) < 4.78 is 6.00. The number of nitrogens with one attached hydrogen (secondary N) is 1.